The van der Waals surface area contributed by atoms with Crippen LogP contribution in [0, 0.1) is 5.92 Å². The van der Waals surface area contributed by atoms with Crippen LogP contribution in [0.2, 0.25) is 0 Å². The van der Waals surface area contributed by atoms with Gasteiger partial charge in [-0.3, -0.25) is 4.98 Å². The fourth-order valence-corrected chi connectivity index (χ4v) is 6.24. The standard InChI is InChI=1S/C29H33F2N5S/c1-18(32)27(35(2)33)21-15-25-26(34-17-21)23-10-9-22(37-3)16-24(23)36(25)28(19-7-5-4-6-8-19)20-11-13-29(30,31)14-12-20/h4-10,15-17,20,28H,11-14,32-33H2,1-3H3/b27-18-. The van der Waals surface area contributed by atoms with Gasteiger partial charge in [-0.05, 0) is 61.8 Å². The van der Waals surface area contributed by atoms with Crippen molar-refractivity contribution in [3.8, 4) is 0 Å². The Morgan fingerprint density at radius 3 is 2.43 bits per heavy atom. The normalized spacial score (nSPS) is 17.7. The van der Waals surface area contributed by atoms with Crippen LogP contribution in [0.1, 0.15) is 49.8 Å². The van der Waals surface area contributed by atoms with Gasteiger partial charge < -0.3 is 15.3 Å². The number of hydrogen-bond donors (Lipinski definition) is 2. The Balaban J connectivity index is 1.82. The fourth-order valence-electron chi connectivity index (χ4n) is 5.81. The van der Waals surface area contributed by atoms with Crippen LogP contribution in [0.4, 0.5) is 8.78 Å². The third kappa shape index (κ3) is 4.80. The van der Waals surface area contributed by atoms with E-state index in [0.717, 1.165) is 38.0 Å². The molecule has 1 aliphatic carbocycles. The summed E-state index contributed by atoms with van der Waals surface area (Å²) in [7, 11) is 1.76. The first kappa shape index (κ1) is 25.5. The molecule has 2 aromatic carbocycles. The molecule has 2 aromatic heterocycles. The number of allylic oxidation sites excluding steroid dienone is 1. The maximum atomic E-state index is 14.2. The lowest BCUT2D eigenvalue weighted by atomic mass is 9.79. The van der Waals surface area contributed by atoms with Crippen LogP contribution in [0.5, 0.6) is 0 Å². The Morgan fingerprint density at radius 2 is 1.81 bits per heavy atom. The van der Waals surface area contributed by atoms with Gasteiger partial charge in [0, 0.05) is 47.6 Å². The molecule has 194 valence electrons. The number of pyridine rings is 1. The second-order valence-corrected chi connectivity index (χ2v) is 10.9. The first-order chi connectivity index (χ1) is 17.7. The average Bonchev–Trinajstić information content (AvgIpc) is 3.18. The van der Waals surface area contributed by atoms with Gasteiger partial charge in [0.15, 0.2) is 0 Å². The maximum absolute atomic E-state index is 14.2. The Hall–Kier alpha value is -3.10. The zero-order chi connectivity index (χ0) is 26.3. The Kier molecular flexibility index (Phi) is 6.89. The minimum atomic E-state index is -2.59. The van der Waals surface area contributed by atoms with Crippen molar-refractivity contribution in [2.75, 3.05) is 13.3 Å². The van der Waals surface area contributed by atoms with Crippen molar-refractivity contribution >= 4 is 39.4 Å². The number of hydrazine groups is 1. The lowest BCUT2D eigenvalue weighted by Gasteiger charge is -2.36. The summed E-state index contributed by atoms with van der Waals surface area (Å²) < 4.78 is 30.8. The molecular weight excluding hydrogens is 488 g/mol. The highest BCUT2D eigenvalue weighted by Gasteiger charge is 2.39. The highest BCUT2D eigenvalue weighted by molar-refractivity contribution is 7.98. The Morgan fingerprint density at radius 1 is 1.11 bits per heavy atom. The molecule has 8 heteroatoms. The number of nitrogens with zero attached hydrogens (tertiary/aromatic N) is 3. The molecule has 1 saturated carbocycles. The van der Waals surface area contributed by atoms with Gasteiger partial charge in [-0.2, -0.15) is 0 Å². The summed E-state index contributed by atoms with van der Waals surface area (Å²) >= 11 is 1.68. The van der Waals surface area contributed by atoms with Crippen molar-refractivity contribution in [1.82, 2.24) is 14.6 Å². The number of hydrogen-bond acceptors (Lipinski definition) is 5. The maximum Gasteiger partial charge on any atom is 0.248 e. The van der Waals surface area contributed by atoms with E-state index in [1.165, 1.54) is 5.01 Å². The number of nitrogens with two attached hydrogens (primary N) is 2. The predicted molar refractivity (Wildman–Crippen MR) is 149 cm³/mol. The highest BCUT2D eigenvalue weighted by atomic mass is 32.2. The van der Waals surface area contributed by atoms with Gasteiger partial charge in [-0.15, -0.1) is 11.8 Å². The molecule has 37 heavy (non-hydrogen) atoms. The molecule has 0 aliphatic heterocycles. The number of alkyl halides is 2. The second kappa shape index (κ2) is 9.99. The molecule has 0 saturated heterocycles. The molecule has 0 radical (unpaired) electrons. The van der Waals surface area contributed by atoms with E-state index >= 15 is 0 Å². The summed E-state index contributed by atoms with van der Waals surface area (Å²) in [5, 5.41) is 2.55. The largest absolute Gasteiger partial charge is 0.401 e. The number of thioether (sulfide) groups is 1. The zero-order valence-electron chi connectivity index (χ0n) is 21.4. The molecule has 4 aromatic rings. The van der Waals surface area contributed by atoms with E-state index in [1.807, 2.05) is 31.3 Å². The van der Waals surface area contributed by atoms with Crippen LogP contribution in [0.3, 0.4) is 0 Å². The summed E-state index contributed by atoms with van der Waals surface area (Å²) in [6.45, 7) is 1.82. The van der Waals surface area contributed by atoms with Crippen LogP contribution >= 0.6 is 11.8 Å². The van der Waals surface area contributed by atoms with Gasteiger partial charge in [-0.1, -0.05) is 30.3 Å². The van der Waals surface area contributed by atoms with E-state index in [4.69, 9.17) is 16.6 Å². The Labute approximate surface area is 220 Å². The minimum Gasteiger partial charge on any atom is -0.401 e. The van der Waals surface area contributed by atoms with Crippen molar-refractivity contribution in [2.45, 2.75) is 49.5 Å². The summed E-state index contributed by atoms with van der Waals surface area (Å²) in [6.07, 6.45) is 4.61. The molecule has 0 bridgehead atoms. The number of aromatic nitrogens is 2. The van der Waals surface area contributed by atoms with Crippen molar-refractivity contribution in [3.05, 3.63) is 77.6 Å². The molecule has 1 unspecified atom stereocenters. The number of benzene rings is 2. The summed E-state index contributed by atoms with van der Waals surface area (Å²) in [4.78, 5) is 6.03. The molecule has 1 atom stereocenters. The van der Waals surface area contributed by atoms with Gasteiger partial charge in [0.2, 0.25) is 5.92 Å². The van der Waals surface area contributed by atoms with Gasteiger partial charge in [0.05, 0.1) is 28.3 Å². The van der Waals surface area contributed by atoms with Crippen molar-refractivity contribution in [1.29, 1.82) is 0 Å². The van der Waals surface area contributed by atoms with E-state index in [1.54, 1.807) is 18.8 Å². The first-order valence-corrected chi connectivity index (χ1v) is 13.8. The van der Waals surface area contributed by atoms with Crippen LogP contribution in [-0.4, -0.2) is 33.8 Å². The lowest BCUT2D eigenvalue weighted by Crippen LogP contribution is -2.30. The lowest BCUT2D eigenvalue weighted by molar-refractivity contribution is -0.0493. The fraction of sp³-hybridized carbons (Fsp3) is 0.345. The van der Waals surface area contributed by atoms with Crippen LogP contribution in [0.25, 0.3) is 27.6 Å². The van der Waals surface area contributed by atoms with E-state index in [0.29, 0.717) is 24.2 Å². The van der Waals surface area contributed by atoms with Gasteiger partial charge in [0.25, 0.3) is 0 Å². The smallest absolute Gasteiger partial charge is 0.248 e. The highest BCUT2D eigenvalue weighted by Crippen LogP contribution is 2.46. The van der Waals surface area contributed by atoms with E-state index in [2.05, 4.69) is 47.2 Å². The quantitative estimate of drug-likeness (QED) is 0.166. The summed E-state index contributed by atoms with van der Waals surface area (Å²) in [5.74, 6) is 3.61. The molecule has 0 spiro atoms. The van der Waals surface area contributed by atoms with Crippen molar-refractivity contribution in [2.24, 2.45) is 17.5 Å². The van der Waals surface area contributed by atoms with Gasteiger partial charge in [-0.25, -0.2) is 14.6 Å². The topological polar surface area (TPSA) is 73.1 Å². The third-order valence-corrected chi connectivity index (χ3v) is 8.20. The van der Waals surface area contributed by atoms with E-state index < -0.39 is 5.92 Å². The van der Waals surface area contributed by atoms with E-state index in [-0.39, 0.29) is 24.8 Å². The molecule has 1 aliphatic rings. The molecule has 4 N–H and O–H groups in total. The Bertz CT molecular complexity index is 1450. The number of rotatable bonds is 6. The molecule has 0 amide bonds. The number of halogens is 2. The minimum absolute atomic E-state index is 0.0610. The molecule has 5 rings (SSSR count). The van der Waals surface area contributed by atoms with Crippen molar-refractivity contribution < 1.29 is 8.78 Å². The van der Waals surface area contributed by atoms with Crippen LogP contribution < -0.4 is 11.6 Å². The third-order valence-electron chi connectivity index (χ3n) is 7.47. The summed E-state index contributed by atoms with van der Waals surface area (Å²) in [6, 6.07) is 18.6. The molecule has 2 heterocycles. The first-order valence-electron chi connectivity index (χ1n) is 12.6. The number of fused-ring (bicyclic) bond motifs is 3. The average molecular weight is 522 g/mol. The monoisotopic (exact) mass is 521 g/mol. The van der Waals surface area contributed by atoms with Gasteiger partial charge in [0.1, 0.15) is 0 Å². The summed E-state index contributed by atoms with van der Waals surface area (Å²) in [5.41, 5.74) is 12.3. The predicted octanol–water partition coefficient (Wildman–Crippen LogP) is 6.78. The van der Waals surface area contributed by atoms with Crippen LogP contribution in [-0.2, 0) is 0 Å². The zero-order valence-corrected chi connectivity index (χ0v) is 22.2. The molecule has 5 nitrogen and oxygen atoms in total. The SMILES string of the molecule is CSc1ccc2c3ncc(/C(=C(\C)N)N(C)N)cc3n(C(c3ccccc3)C3CCC(F)(F)CC3)c2c1. The van der Waals surface area contributed by atoms with Gasteiger partial charge >= 0.3 is 0 Å². The molecular formula is C29H33F2N5S. The van der Waals surface area contributed by atoms with Crippen molar-refractivity contribution in [3.63, 3.8) is 0 Å². The van der Waals surface area contributed by atoms with Crippen LogP contribution in [0.15, 0.2) is 71.4 Å². The second-order valence-electron chi connectivity index (χ2n) is 10.0. The molecule has 1 fully saturated rings. The van der Waals surface area contributed by atoms with E-state index in [9.17, 15) is 8.78 Å².